The molecule has 2 aromatic rings. The molecule has 0 atom stereocenters. The van der Waals surface area contributed by atoms with Crippen LogP contribution in [0.25, 0.3) is 0 Å². The van der Waals surface area contributed by atoms with Gasteiger partial charge in [0.05, 0.1) is 10.6 Å². The SMILES string of the molecule is NCCOc1ccccc1NS(=O)(=O)c1ccccc1. The van der Waals surface area contributed by atoms with Gasteiger partial charge in [-0.25, -0.2) is 8.42 Å². The summed E-state index contributed by atoms with van der Waals surface area (Å²) >= 11 is 0. The Morgan fingerprint density at radius 1 is 1.00 bits per heavy atom. The summed E-state index contributed by atoms with van der Waals surface area (Å²) in [7, 11) is -3.62. The molecule has 0 spiro atoms. The average Bonchev–Trinajstić information content (AvgIpc) is 2.47. The van der Waals surface area contributed by atoms with Crippen LogP contribution in [0.3, 0.4) is 0 Å². The van der Waals surface area contributed by atoms with E-state index in [2.05, 4.69) is 4.72 Å². The van der Waals surface area contributed by atoms with Gasteiger partial charge in [-0.3, -0.25) is 4.72 Å². The fraction of sp³-hybridized carbons (Fsp3) is 0.143. The summed E-state index contributed by atoms with van der Waals surface area (Å²) in [4.78, 5) is 0.202. The number of benzene rings is 2. The van der Waals surface area contributed by atoms with Gasteiger partial charge in [-0.1, -0.05) is 30.3 Å². The number of nitrogens with two attached hydrogens (primary N) is 1. The maximum absolute atomic E-state index is 12.2. The van der Waals surface area contributed by atoms with Gasteiger partial charge in [0.2, 0.25) is 0 Å². The van der Waals surface area contributed by atoms with Crippen LogP contribution in [0.15, 0.2) is 59.5 Å². The van der Waals surface area contributed by atoms with Crippen molar-refractivity contribution in [1.82, 2.24) is 0 Å². The standard InChI is InChI=1S/C14H16N2O3S/c15-10-11-19-14-9-5-4-8-13(14)16-20(17,18)12-6-2-1-3-7-12/h1-9,16H,10-11,15H2. The number of hydrogen-bond acceptors (Lipinski definition) is 4. The summed E-state index contributed by atoms with van der Waals surface area (Å²) in [6.45, 7) is 0.684. The van der Waals surface area contributed by atoms with Crippen molar-refractivity contribution in [2.24, 2.45) is 5.73 Å². The topological polar surface area (TPSA) is 81.4 Å². The highest BCUT2D eigenvalue weighted by atomic mass is 32.2. The number of rotatable bonds is 6. The Morgan fingerprint density at radius 3 is 2.35 bits per heavy atom. The Balaban J connectivity index is 2.26. The Bertz CT molecular complexity index is 657. The summed E-state index contributed by atoms with van der Waals surface area (Å²) in [5.74, 6) is 0.456. The van der Waals surface area contributed by atoms with Crippen LogP contribution < -0.4 is 15.2 Å². The molecule has 0 aliphatic carbocycles. The predicted octanol–water partition coefficient (Wildman–Crippen LogP) is 1.82. The fourth-order valence-corrected chi connectivity index (χ4v) is 2.74. The number of ether oxygens (including phenoxy) is 1. The van der Waals surface area contributed by atoms with E-state index in [1.807, 2.05) is 0 Å². The third kappa shape index (κ3) is 3.49. The summed E-state index contributed by atoms with van der Waals surface area (Å²) in [6.07, 6.45) is 0. The smallest absolute Gasteiger partial charge is 0.262 e. The number of sulfonamides is 1. The predicted molar refractivity (Wildman–Crippen MR) is 78.2 cm³/mol. The monoisotopic (exact) mass is 292 g/mol. The van der Waals surface area contributed by atoms with Crippen LogP contribution in [0.2, 0.25) is 0 Å². The molecule has 0 saturated heterocycles. The lowest BCUT2D eigenvalue weighted by Gasteiger charge is -2.13. The molecule has 0 heterocycles. The molecule has 0 unspecified atom stereocenters. The molecular formula is C14H16N2O3S. The van der Waals surface area contributed by atoms with Gasteiger partial charge < -0.3 is 10.5 Å². The third-order valence-electron chi connectivity index (χ3n) is 2.56. The van der Waals surface area contributed by atoms with E-state index >= 15 is 0 Å². The van der Waals surface area contributed by atoms with Crippen LogP contribution in [0, 0.1) is 0 Å². The Kier molecular flexibility index (Phi) is 4.60. The van der Waals surface area contributed by atoms with Crippen LogP contribution in [-0.2, 0) is 10.0 Å². The lowest BCUT2D eigenvalue weighted by molar-refractivity contribution is 0.330. The number of anilines is 1. The van der Waals surface area contributed by atoms with E-state index in [-0.39, 0.29) is 4.90 Å². The largest absolute Gasteiger partial charge is 0.490 e. The quantitative estimate of drug-likeness (QED) is 0.851. The van der Waals surface area contributed by atoms with Crippen molar-refractivity contribution in [1.29, 1.82) is 0 Å². The second kappa shape index (κ2) is 6.40. The second-order valence-electron chi connectivity index (χ2n) is 4.05. The third-order valence-corrected chi connectivity index (χ3v) is 3.94. The van der Waals surface area contributed by atoms with Gasteiger partial charge in [0.15, 0.2) is 0 Å². The molecule has 2 rings (SSSR count). The molecule has 0 aromatic heterocycles. The molecule has 0 radical (unpaired) electrons. The fourth-order valence-electron chi connectivity index (χ4n) is 1.65. The minimum absolute atomic E-state index is 0.202. The number of para-hydroxylation sites is 2. The Hall–Kier alpha value is -2.05. The molecule has 2 aromatic carbocycles. The van der Waals surface area contributed by atoms with Gasteiger partial charge in [0.25, 0.3) is 10.0 Å². The van der Waals surface area contributed by atoms with Gasteiger partial charge in [-0.2, -0.15) is 0 Å². The zero-order chi connectivity index (χ0) is 14.4. The Labute approximate surface area is 118 Å². The first kappa shape index (κ1) is 14.4. The van der Waals surface area contributed by atoms with E-state index in [4.69, 9.17) is 10.5 Å². The summed E-state index contributed by atoms with van der Waals surface area (Å²) in [5, 5.41) is 0. The van der Waals surface area contributed by atoms with E-state index in [0.717, 1.165) is 0 Å². The zero-order valence-electron chi connectivity index (χ0n) is 10.8. The number of hydrogen-bond donors (Lipinski definition) is 2. The minimum atomic E-state index is -3.62. The molecular weight excluding hydrogens is 276 g/mol. The lowest BCUT2D eigenvalue weighted by atomic mass is 10.3. The van der Waals surface area contributed by atoms with Gasteiger partial charge in [-0.15, -0.1) is 0 Å². The van der Waals surface area contributed by atoms with Crippen LogP contribution in [0.1, 0.15) is 0 Å². The highest BCUT2D eigenvalue weighted by Crippen LogP contribution is 2.26. The normalized spacial score (nSPS) is 11.1. The zero-order valence-corrected chi connectivity index (χ0v) is 11.6. The maximum Gasteiger partial charge on any atom is 0.262 e. The van der Waals surface area contributed by atoms with Crippen molar-refractivity contribution >= 4 is 15.7 Å². The first-order chi connectivity index (χ1) is 9.63. The van der Waals surface area contributed by atoms with Gasteiger partial charge >= 0.3 is 0 Å². The van der Waals surface area contributed by atoms with Crippen LogP contribution in [0.4, 0.5) is 5.69 Å². The van der Waals surface area contributed by atoms with Crippen LogP contribution >= 0.6 is 0 Å². The average molecular weight is 292 g/mol. The summed E-state index contributed by atoms with van der Waals surface area (Å²) in [6, 6.07) is 15.0. The van der Waals surface area contributed by atoms with Crippen molar-refractivity contribution in [3.8, 4) is 5.75 Å². The van der Waals surface area contributed by atoms with E-state index in [1.165, 1.54) is 12.1 Å². The number of nitrogens with one attached hydrogen (secondary N) is 1. The van der Waals surface area contributed by atoms with Gasteiger partial charge in [-0.05, 0) is 24.3 Å². The molecule has 5 nitrogen and oxygen atoms in total. The van der Waals surface area contributed by atoms with Crippen LogP contribution in [-0.4, -0.2) is 21.6 Å². The van der Waals surface area contributed by atoms with Crippen molar-refractivity contribution in [2.75, 3.05) is 17.9 Å². The van der Waals surface area contributed by atoms with Crippen molar-refractivity contribution in [3.63, 3.8) is 0 Å². The molecule has 6 heteroatoms. The van der Waals surface area contributed by atoms with Crippen molar-refractivity contribution < 1.29 is 13.2 Å². The van der Waals surface area contributed by atoms with Crippen molar-refractivity contribution in [2.45, 2.75) is 4.90 Å². The summed E-state index contributed by atoms with van der Waals surface area (Å²) < 4.78 is 32.4. The lowest BCUT2D eigenvalue weighted by Crippen LogP contribution is -2.15. The summed E-state index contributed by atoms with van der Waals surface area (Å²) in [5.41, 5.74) is 5.77. The van der Waals surface area contributed by atoms with E-state index in [1.54, 1.807) is 42.5 Å². The molecule has 106 valence electrons. The maximum atomic E-state index is 12.2. The molecule has 0 aliphatic rings. The first-order valence-corrected chi connectivity index (χ1v) is 7.61. The molecule has 0 bridgehead atoms. The first-order valence-electron chi connectivity index (χ1n) is 6.13. The van der Waals surface area contributed by atoms with Gasteiger partial charge in [0.1, 0.15) is 12.4 Å². The highest BCUT2D eigenvalue weighted by Gasteiger charge is 2.15. The van der Waals surface area contributed by atoms with Gasteiger partial charge in [0, 0.05) is 6.54 Å². The molecule has 20 heavy (non-hydrogen) atoms. The van der Waals surface area contributed by atoms with Crippen LogP contribution in [0.5, 0.6) is 5.75 Å². The molecule has 0 aliphatic heterocycles. The Morgan fingerprint density at radius 2 is 1.65 bits per heavy atom. The second-order valence-corrected chi connectivity index (χ2v) is 5.73. The molecule has 0 fully saturated rings. The van der Waals surface area contributed by atoms with E-state index in [0.29, 0.717) is 24.6 Å². The molecule has 3 N–H and O–H groups in total. The molecule has 0 saturated carbocycles. The highest BCUT2D eigenvalue weighted by molar-refractivity contribution is 7.92. The van der Waals surface area contributed by atoms with E-state index in [9.17, 15) is 8.42 Å². The van der Waals surface area contributed by atoms with E-state index < -0.39 is 10.0 Å². The van der Waals surface area contributed by atoms with Crippen molar-refractivity contribution in [3.05, 3.63) is 54.6 Å². The minimum Gasteiger partial charge on any atom is -0.490 e. The molecule has 0 amide bonds.